The van der Waals surface area contributed by atoms with Gasteiger partial charge in [0.05, 0.1) is 12.3 Å². The maximum Gasteiger partial charge on any atom is 0.342 e. The lowest BCUT2D eigenvalue weighted by molar-refractivity contribution is -0.128. The van der Waals surface area contributed by atoms with Gasteiger partial charge in [-0.25, -0.2) is 4.79 Å². The molecule has 0 aliphatic rings. The number of carbonyl (C=O) groups is 3. The molecule has 0 saturated heterocycles. The smallest absolute Gasteiger partial charge is 0.342 e. The van der Waals surface area contributed by atoms with Crippen LogP contribution in [0.5, 0.6) is 0 Å². The Morgan fingerprint density at radius 3 is 2.46 bits per heavy atom. The molecule has 1 amide bonds. The predicted octanol–water partition coefficient (Wildman–Crippen LogP) is 2.06. The van der Waals surface area contributed by atoms with E-state index in [4.69, 9.17) is 9.15 Å². The molecule has 1 heterocycles. The minimum Gasteiger partial charge on any atom is -0.469 e. The maximum atomic E-state index is 11.9. The second-order valence-electron chi connectivity index (χ2n) is 5.39. The Hall–Kier alpha value is -2.89. The fourth-order valence-electron chi connectivity index (χ4n) is 2.19. The van der Waals surface area contributed by atoms with Crippen LogP contribution >= 0.6 is 0 Å². The van der Waals surface area contributed by atoms with Crippen LogP contribution in [0.25, 0.3) is 0 Å². The number of hydrogen-bond acceptors (Lipinski definition) is 5. The third kappa shape index (κ3) is 4.81. The summed E-state index contributed by atoms with van der Waals surface area (Å²) in [5, 5.41) is 2.59. The highest BCUT2D eigenvalue weighted by molar-refractivity contribution is 5.93. The lowest BCUT2D eigenvalue weighted by Crippen LogP contribution is -2.43. The Kier molecular flexibility index (Phi) is 5.89. The molecule has 1 atom stereocenters. The normalized spacial score (nSPS) is 11.6. The summed E-state index contributed by atoms with van der Waals surface area (Å²) in [5.41, 5.74) is 1.21. The zero-order chi connectivity index (χ0) is 17.5. The molecular weight excluding hydrogens is 310 g/mol. The zero-order valence-corrected chi connectivity index (χ0v) is 13.6. The van der Waals surface area contributed by atoms with Crippen molar-refractivity contribution in [2.45, 2.75) is 26.3 Å². The number of Topliss-reactive ketones (excluding diaryl/α,β-unsaturated/α-hetero) is 1. The molecule has 0 aliphatic carbocycles. The number of benzene rings is 1. The first kappa shape index (κ1) is 17.5. The predicted molar refractivity (Wildman–Crippen MR) is 86.5 cm³/mol. The Morgan fingerprint density at radius 2 is 1.88 bits per heavy atom. The number of nitrogens with one attached hydrogen (secondary N) is 1. The first-order valence-corrected chi connectivity index (χ1v) is 7.52. The fourth-order valence-corrected chi connectivity index (χ4v) is 2.19. The number of rotatable bonds is 7. The number of amides is 1. The quantitative estimate of drug-likeness (QED) is 0.786. The Labute approximate surface area is 139 Å². The molecule has 1 aromatic carbocycles. The van der Waals surface area contributed by atoms with Crippen LogP contribution in [0, 0.1) is 6.92 Å². The number of carbonyl (C=O) groups excluding carboxylic acids is 3. The van der Waals surface area contributed by atoms with Crippen LogP contribution in [0.2, 0.25) is 0 Å². The topological polar surface area (TPSA) is 85.6 Å². The van der Waals surface area contributed by atoms with Crippen molar-refractivity contribution in [2.75, 3.05) is 6.61 Å². The van der Waals surface area contributed by atoms with Crippen LogP contribution < -0.4 is 5.32 Å². The standard InChI is InChI=1S/C18H19NO5/c1-12(20)16(10-14-6-4-3-5-7-14)19-17(21)11-24-18(22)15-8-9-23-13(15)2/h3-9,16H,10-11H2,1-2H3,(H,19,21)/t16-/m1/s1. The van der Waals surface area contributed by atoms with Crippen molar-refractivity contribution >= 4 is 17.7 Å². The van der Waals surface area contributed by atoms with Gasteiger partial charge in [-0.1, -0.05) is 30.3 Å². The molecule has 24 heavy (non-hydrogen) atoms. The summed E-state index contributed by atoms with van der Waals surface area (Å²) in [6.45, 7) is 2.58. The molecule has 1 aromatic heterocycles. The molecule has 6 heteroatoms. The van der Waals surface area contributed by atoms with E-state index in [1.54, 1.807) is 6.92 Å². The van der Waals surface area contributed by atoms with Crippen LogP contribution in [0.4, 0.5) is 0 Å². The van der Waals surface area contributed by atoms with Crippen molar-refractivity contribution in [2.24, 2.45) is 0 Å². The first-order chi connectivity index (χ1) is 11.5. The molecule has 126 valence electrons. The van der Waals surface area contributed by atoms with Crippen molar-refractivity contribution in [1.82, 2.24) is 5.32 Å². The second kappa shape index (κ2) is 8.10. The van der Waals surface area contributed by atoms with Gasteiger partial charge in [0.25, 0.3) is 5.91 Å². The van der Waals surface area contributed by atoms with Gasteiger partial charge in [-0.15, -0.1) is 0 Å². The molecule has 6 nitrogen and oxygen atoms in total. The largest absolute Gasteiger partial charge is 0.469 e. The van der Waals surface area contributed by atoms with E-state index in [0.717, 1.165) is 5.56 Å². The van der Waals surface area contributed by atoms with E-state index in [9.17, 15) is 14.4 Å². The van der Waals surface area contributed by atoms with Gasteiger partial charge in [0.2, 0.25) is 0 Å². The number of hydrogen-bond donors (Lipinski definition) is 1. The third-order valence-electron chi connectivity index (χ3n) is 3.52. The SMILES string of the molecule is CC(=O)[C@@H](Cc1ccccc1)NC(=O)COC(=O)c1ccoc1C. The highest BCUT2D eigenvalue weighted by Crippen LogP contribution is 2.10. The van der Waals surface area contributed by atoms with Crippen LogP contribution in [-0.4, -0.2) is 30.3 Å². The third-order valence-corrected chi connectivity index (χ3v) is 3.52. The molecular formula is C18H19NO5. The molecule has 0 unspecified atom stereocenters. The van der Waals surface area contributed by atoms with E-state index < -0.39 is 24.5 Å². The highest BCUT2D eigenvalue weighted by atomic mass is 16.5. The average Bonchev–Trinajstić information content (AvgIpc) is 2.99. The molecule has 2 rings (SSSR count). The molecule has 1 N–H and O–H groups in total. The molecule has 0 saturated carbocycles. The second-order valence-corrected chi connectivity index (χ2v) is 5.39. The van der Waals surface area contributed by atoms with Gasteiger partial charge in [-0.3, -0.25) is 9.59 Å². The first-order valence-electron chi connectivity index (χ1n) is 7.52. The molecule has 0 bridgehead atoms. The minimum atomic E-state index is -0.658. The van der Waals surface area contributed by atoms with Crippen molar-refractivity contribution < 1.29 is 23.5 Å². The molecule has 0 radical (unpaired) electrons. The molecule has 0 aliphatic heterocycles. The number of esters is 1. The van der Waals surface area contributed by atoms with Crippen LogP contribution in [0.1, 0.15) is 28.6 Å². The van der Waals surface area contributed by atoms with E-state index in [-0.39, 0.29) is 11.3 Å². The van der Waals surface area contributed by atoms with Gasteiger partial charge < -0.3 is 14.5 Å². The highest BCUT2D eigenvalue weighted by Gasteiger charge is 2.19. The van der Waals surface area contributed by atoms with E-state index in [1.165, 1.54) is 19.3 Å². The van der Waals surface area contributed by atoms with Crippen LogP contribution in [-0.2, 0) is 20.7 Å². The number of ether oxygens (including phenoxy) is 1. The summed E-state index contributed by atoms with van der Waals surface area (Å²) < 4.78 is 9.95. The lowest BCUT2D eigenvalue weighted by atomic mass is 10.0. The van der Waals surface area contributed by atoms with Crippen LogP contribution in [0.3, 0.4) is 0 Å². The lowest BCUT2D eigenvalue weighted by Gasteiger charge is -2.16. The van der Waals surface area contributed by atoms with Gasteiger partial charge in [-0.2, -0.15) is 0 Å². The average molecular weight is 329 g/mol. The van der Waals surface area contributed by atoms with Gasteiger partial charge >= 0.3 is 5.97 Å². The van der Waals surface area contributed by atoms with Crippen LogP contribution in [0.15, 0.2) is 47.1 Å². The van der Waals surface area contributed by atoms with Crippen molar-refractivity contribution in [1.29, 1.82) is 0 Å². The summed E-state index contributed by atoms with van der Waals surface area (Å²) in [6.07, 6.45) is 1.76. The summed E-state index contributed by atoms with van der Waals surface area (Å²) in [7, 11) is 0. The van der Waals surface area contributed by atoms with E-state index in [0.29, 0.717) is 12.2 Å². The van der Waals surface area contributed by atoms with E-state index >= 15 is 0 Å². The fraction of sp³-hybridized carbons (Fsp3) is 0.278. The Morgan fingerprint density at radius 1 is 1.17 bits per heavy atom. The number of furan rings is 1. The van der Waals surface area contributed by atoms with Crippen molar-refractivity contribution in [3.63, 3.8) is 0 Å². The van der Waals surface area contributed by atoms with Crippen molar-refractivity contribution in [3.8, 4) is 0 Å². The van der Waals surface area contributed by atoms with Gasteiger partial charge in [0, 0.05) is 0 Å². The summed E-state index contributed by atoms with van der Waals surface area (Å²) in [5.74, 6) is -0.908. The van der Waals surface area contributed by atoms with E-state index in [2.05, 4.69) is 5.32 Å². The zero-order valence-electron chi connectivity index (χ0n) is 13.6. The summed E-state index contributed by atoms with van der Waals surface area (Å²) in [6, 6.07) is 10.2. The number of ketones is 1. The molecule has 0 spiro atoms. The number of aryl methyl sites for hydroxylation is 1. The van der Waals surface area contributed by atoms with Crippen molar-refractivity contribution in [3.05, 3.63) is 59.5 Å². The summed E-state index contributed by atoms with van der Waals surface area (Å²) >= 11 is 0. The molecule has 0 fully saturated rings. The minimum absolute atomic E-state index is 0.163. The maximum absolute atomic E-state index is 11.9. The Bertz CT molecular complexity index is 720. The van der Waals surface area contributed by atoms with Gasteiger partial charge in [-0.05, 0) is 31.9 Å². The summed E-state index contributed by atoms with van der Waals surface area (Å²) in [4.78, 5) is 35.5. The Balaban J connectivity index is 1.88. The molecule has 2 aromatic rings. The van der Waals surface area contributed by atoms with Gasteiger partial charge in [0.15, 0.2) is 12.4 Å². The van der Waals surface area contributed by atoms with Gasteiger partial charge in [0.1, 0.15) is 11.3 Å². The monoisotopic (exact) mass is 329 g/mol. The van der Waals surface area contributed by atoms with E-state index in [1.807, 2.05) is 30.3 Å².